The van der Waals surface area contributed by atoms with Crippen LogP contribution < -0.4 is 0 Å². The van der Waals surface area contributed by atoms with Crippen molar-refractivity contribution in [2.24, 2.45) is 0 Å². The molecule has 2 rings (SSSR count). The van der Waals surface area contributed by atoms with Gasteiger partial charge in [0.1, 0.15) is 0 Å². The molecule has 0 amide bonds. The zero-order chi connectivity index (χ0) is 12.8. The van der Waals surface area contributed by atoms with Crippen LogP contribution in [-0.2, 0) is 22.7 Å². The van der Waals surface area contributed by atoms with Gasteiger partial charge in [0.25, 0.3) is 0 Å². The van der Waals surface area contributed by atoms with Crippen LogP contribution in [-0.4, -0.2) is 9.97 Å². The molecule has 2 heterocycles. The largest absolute Gasteiger partial charge is 0.552 e. The van der Waals surface area contributed by atoms with E-state index in [-0.39, 0.29) is 0 Å². The summed E-state index contributed by atoms with van der Waals surface area (Å²) in [6.45, 7) is 0.911. The Morgan fingerprint density at radius 2 is 1.20 bits per heavy atom. The first-order chi connectivity index (χ1) is 8.83. The molecule has 0 spiro atoms. The molecule has 0 aliphatic heterocycles. The molecule has 0 unspecified atom stereocenters. The van der Waals surface area contributed by atoms with E-state index in [9.17, 15) is 0 Å². The SMILES string of the molecule is [CH2-]OCc1ccnc(-c2cc(CO[CH2-])ccn2)c1.[Rf].[Rf]. The average molecular weight is 776 g/mol. The minimum absolute atomic E-state index is 0. The van der Waals surface area contributed by atoms with Gasteiger partial charge in [-0.3, -0.25) is 9.97 Å². The van der Waals surface area contributed by atoms with Crippen molar-refractivity contribution in [1.29, 1.82) is 0 Å². The molecule has 98 valence electrons. The molecular formula is C14H14N2O2Rf2-2. The number of nitrogens with zero attached hydrogens (tertiary/aromatic N) is 2. The van der Waals surface area contributed by atoms with Crippen LogP contribution in [0.5, 0.6) is 0 Å². The van der Waals surface area contributed by atoms with Crippen molar-refractivity contribution in [3.05, 3.63) is 62.0 Å². The Kier molecular flexibility index (Phi) is 6.10. The molecule has 0 fully saturated rings. The van der Waals surface area contributed by atoms with Crippen LogP contribution in [0, 0.1) is 14.2 Å². The Morgan fingerprint density at radius 1 is 0.800 bits per heavy atom. The predicted molar refractivity (Wildman–Crippen MR) is 67.8 cm³/mol. The zero-order valence-electron chi connectivity index (χ0n) is 11.4. The Hall–Kier alpha value is -3.78. The van der Waals surface area contributed by atoms with Crippen molar-refractivity contribution in [3.8, 4) is 11.4 Å². The topological polar surface area (TPSA) is 44.2 Å². The third-order valence-electron chi connectivity index (χ3n) is 2.45. The molecule has 0 saturated carbocycles. The third-order valence-corrected chi connectivity index (χ3v) is 2.45. The van der Waals surface area contributed by atoms with Crippen molar-refractivity contribution < 1.29 is 9.47 Å². The number of ether oxygens (including phenoxy) is 2. The van der Waals surface area contributed by atoms with Gasteiger partial charge in [-0.2, -0.15) is 0 Å². The molecule has 0 atom stereocenters. The van der Waals surface area contributed by atoms with Crippen molar-refractivity contribution in [2.45, 2.75) is 13.2 Å². The van der Waals surface area contributed by atoms with E-state index in [4.69, 9.17) is 9.47 Å². The molecular weight excluding hydrogens is 762 g/mol. The standard InChI is InChI=1S/C14H14N2O2.2Rf/c1-17-9-11-3-5-15-13(7-11)14-8-12(10-18-2)4-6-16-14;;/h3-8H,1-2,9-10H2;;/q-2;;. The van der Waals surface area contributed by atoms with Crippen LogP contribution in [0.1, 0.15) is 11.1 Å². The summed E-state index contributed by atoms with van der Waals surface area (Å²) in [6.07, 6.45) is 3.46. The smallest absolute Gasteiger partial charge is 0.0889 e. The molecule has 6 heteroatoms. The molecule has 0 bridgehead atoms. The second-order valence-corrected chi connectivity index (χ2v) is 3.80. The summed E-state index contributed by atoms with van der Waals surface area (Å²) in [5, 5.41) is 0. The molecule has 0 radical (unpaired) electrons. The number of hydrogen-bond acceptors (Lipinski definition) is 4. The summed E-state index contributed by atoms with van der Waals surface area (Å²) in [6, 6.07) is 7.64. The second-order valence-electron chi connectivity index (χ2n) is 3.80. The first-order valence-electron chi connectivity index (χ1n) is 5.47. The minimum atomic E-state index is 0. The fourth-order valence-corrected chi connectivity index (χ4v) is 1.64. The number of pyridine rings is 2. The number of hydrogen-bond donors (Lipinski definition) is 0. The summed E-state index contributed by atoms with van der Waals surface area (Å²) in [5.74, 6) is 0. The van der Waals surface area contributed by atoms with Gasteiger partial charge in [0.2, 0.25) is 0 Å². The van der Waals surface area contributed by atoms with Crippen LogP contribution in [0.4, 0.5) is 0 Å². The zero-order valence-corrected chi connectivity index (χ0v) is 24.2. The van der Waals surface area contributed by atoms with Gasteiger partial charge in [-0.05, 0) is 35.4 Å². The van der Waals surface area contributed by atoms with Gasteiger partial charge in [0.15, 0.2) is 0 Å². The number of aromatic nitrogens is 2. The summed E-state index contributed by atoms with van der Waals surface area (Å²) in [4.78, 5) is 8.60. The molecule has 2 aromatic heterocycles. The first-order valence-corrected chi connectivity index (χ1v) is 5.47. The molecule has 20 heavy (non-hydrogen) atoms. The molecule has 0 aliphatic rings. The summed E-state index contributed by atoms with van der Waals surface area (Å²) >= 11 is 0. The van der Waals surface area contributed by atoms with Gasteiger partial charge < -0.3 is 9.47 Å². The Balaban J connectivity index is 0.00000180. The fraction of sp³-hybridized carbons (Fsp3) is 0.143. The summed E-state index contributed by atoms with van der Waals surface area (Å²) in [7, 11) is 6.72. The van der Waals surface area contributed by atoms with Crippen molar-refractivity contribution in [2.75, 3.05) is 0 Å². The van der Waals surface area contributed by atoms with Gasteiger partial charge in [-0.15, -0.1) is 0 Å². The van der Waals surface area contributed by atoms with E-state index in [2.05, 4.69) is 24.2 Å². The molecule has 0 N–H and O–H groups in total. The van der Waals surface area contributed by atoms with Gasteiger partial charge >= 0.3 is 0 Å². The molecule has 0 aliphatic carbocycles. The van der Waals surface area contributed by atoms with Crippen LogP contribution in [0.25, 0.3) is 11.4 Å². The number of rotatable bonds is 5. The Morgan fingerprint density at radius 3 is 1.55 bits per heavy atom. The van der Waals surface area contributed by atoms with E-state index in [1.54, 1.807) is 12.4 Å². The normalized spacial score (nSPS) is 9.50. The Labute approximate surface area is 107 Å². The van der Waals surface area contributed by atoms with E-state index in [0.717, 1.165) is 22.5 Å². The van der Waals surface area contributed by atoms with E-state index in [0.29, 0.717) is 13.2 Å². The van der Waals surface area contributed by atoms with Crippen LogP contribution in [0.15, 0.2) is 36.7 Å². The van der Waals surface area contributed by atoms with Gasteiger partial charge in [0.05, 0.1) is 11.4 Å². The maximum absolute atomic E-state index is 4.85. The van der Waals surface area contributed by atoms with Crippen molar-refractivity contribution in [1.82, 2.24) is 9.97 Å². The quantitative estimate of drug-likeness (QED) is 0.439. The minimum Gasteiger partial charge on any atom is -0.552 e. The second kappa shape index (κ2) is 7.53. The van der Waals surface area contributed by atoms with E-state index >= 15 is 0 Å². The molecule has 4 nitrogen and oxygen atoms in total. The van der Waals surface area contributed by atoms with E-state index in [1.807, 2.05) is 24.3 Å². The summed E-state index contributed by atoms with van der Waals surface area (Å²) in [5.41, 5.74) is 3.62. The third kappa shape index (κ3) is 3.61. The Bertz CT molecular complexity index is 477. The monoisotopic (exact) mass is 776 g/mol. The fourth-order valence-electron chi connectivity index (χ4n) is 1.64. The van der Waals surface area contributed by atoms with E-state index in [1.165, 1.54) is 0 Å². The van der Waals surface area contributed by atoms with Crippen LogP contribution >= 0.6 is 0 Å². The first kappa shape index (κ1) is 16.2. The van der Waals surface area contributed by atoms with E-state index < -0.39 is 0 Å². The van der Waals surface area contributed by atoms with Crippen molar-refractivity contribution in [3.63, 3.8) is 0 Å². The van der Waals surface area contributed by atoms with Gasteiger partial charge in [0, 0.05) is 25.6 Å². The maximum atomic E-state index is 4.85. The predicted octanol–water partition coefficient (Wildman–Crippen LogP) is 2.76. The van der Waals surface area contributed by atoms with Crippen LogP contribution in [0.2, 0.25) is 0 Å². The summed E-state index contributed by atoms with van der Waals surface area (Å²) < 4.78 is 9.71. The molecule has 0 saturated heterocycles. The molecule has 2 aromatic rings. The molecule has 0 aromatic carbocycles. The van der Waals surface area contributed by atoms with Crippen molar-refractivity contribution >= 4 is 0 Å². The van der Waals surface area contributed by atoms with Crippen LogP contribution in [0.3, 0.4) is 0 Å². The van der Waals surface area contributed by atoms with Gasteiger partial charge in [-0.25, -0.2) is 14.2 Å². The average Bonchev–Trinajstić information content (AvgIpc) is 2.40. The van der Waals surface area contributed by atoms with Gasteiger partial charge in [-0.1, -0.05) is 0 Å². The maximum Gasteiger partial charge on any atom is 0.0889 e.